The fourth-order valence-corrected chi connectivity index (χ4v) is 2.88. The van der Waals surface area contributed by atoms with E-state index in [1.165, 1.54) is 25.7 Å². The second kappa shape index (κ2) is 12.4. The topological polar surface area (TPSA) is 100.0 Å². The van der Waals surface area contributed by atoms with Crippen LogP contribution in [0, 0.1) is 0 Å². The third-order valence-corrected chi connectivity index (χ3v) is 4.50. The lowest BCUT2D eigenvalue weighted by Gasteiger charge is -2.04. The Morgan fingerprint density at radius 1 is 1.03 bits per heavy atom. The average molecular weight is 396 g/mol. The summed E-state index contributed by atoms with van der Waals surface area (Å²) in [6.07, 6.45) is 9.99. The van der Waals surface area contributed by atoms with Gasteiger partial charge in [0.05, 0.1) is 11.9 Å². The number of hydrazone groups is 1. The molecule has 0 unspecified atom stereocenters. The van der Waals surface area contributed by atoms with Crippen LogP contribution < -0.4 is 21.3 Å². The van der Waals surface area contributed by atoms with Crippen molar-refractivity contribution in [2.24, 2.45) is 10.1 Å². The Balaban J connectivity index is 1.69. The van der Waals surface area contributed by atoms with Crippen molar-refractivity contribution >= 4 is 29.7 Å². The van der Waals surface area contributed by atoms with Crippen LogP contribution in [0.5, 0.6) is 0 Å². The van der Waals surface area contributed by atoms with Crippen molar-refractivity contribution in [2.75, 3.05) is 6.54 Å². The first-order valence-corrected chi connectivity index (χ1v) is 10.2. The number of nitrogens with one attached hydrogen (secondary N) is 2. The molecule has 1 aromatic carbocycles. The molecular formula is C22H28N4O3. The van der Waals surface area contributed by atoms with Crippen LogP contribution in [-0.2, 0) is 14.4 Å². The van der Waals surface area contributed by atoms with E-state index >= 15 is 0 Å². The van der Waals surface area contributed by atoms with E-state index in [-0.39, 0.29) is 18.0 Å². The van der Waals surface area contributed by atoms with E-state index in [0.717, 1.165) is 24.5 Å². The molecule has 3 amide bonds. The molecule has 1 aliphatic rings. The summed E-state index contributed by atoms with van der Waals surface area (Å²) < 4.78 is 0. The van der Waals surface area contributed by atoms with Crippen LogP contribution in [0.1, 0.15) is 58.3 Å². The highest BCUT2D eigenvalue weighted by atomic mass is 16.2. The second-order valence-electron chi connectivity index (χ2n) is 6.94. The first kappa shape index (κ1) is 22.2. The number of carbonyl (C=O) groups excluding carboxylic acids is 3. The molecule has 1 heterocycles. The van der Waals surface area contributed by atoms with E-state index < -0.39 is 11.8 Å². The summed E-state index contributed by atoms with van der Waals surface area (Å²) in [6.45, 7) is 2.02. The van der Waals surface area contributed by atoms with Crippen LogP contribution in [0.25, 0.3) is 6.08 Å². The standard InChI is InChI=1S/C22H28N4O3/c1-2-3-4-5-6-7-8-13-20(27)23-16-21(28)26-24-15-18-14-17-11-9-10-12-19(17)25-22(18)29/h9-12,14H,2-8,13,16H2,1H3,(H,23,27)(H,26,28). The summed E-state index contributed by atoms with van der Waals surface area (Å²) in [4.78, 5) is 39.4. The van der Waals surface area contributed by atoms with Crippen molar-refractivity contribution in [1.29, 1.82) is 0 Å². The Kier molecular flexibility index (Phi) is 9.52. The number of benzene rings is 1. The van der Waals surface area contributed by atoms with Crippen LogP contribution in [0.4, 0.5) is 0 Å². The Labute approximate surface area is 170 Å². The van der Waals surface area contributed by atoms with Gasteiger partial charge >= 0.3 is 0 Å². The average Bonchev–Trinajstić information content (AvgIpc) is 2.72. The fraction of sp³-hybridized carbons (Fsp3) is 0.455. The number of hydrogen-bond donors (Lipinski definition) is 2. The quantitative estimate of drug-likeness (QED) is 0.257. The van der Waals surface area contributed by atoms with E-state index in [2.05, 4.69) is 33.6 Å². The van der Waals surface area contributed by atoms with Gasteiger partial charge in [-0.1, -0.05) is 63.6 Å². The third-order valence-electron chi connectivity index (χ3n) is 4.50. The zero-order chi connectivity index (χ0) is 20.9. The summed E-state index contributed by atoms with van der Waals surface area (Å²) in [6, 6.07) is 7.21. The smallest absolute Gasteiger partial charge is 0.287 e. The van der Waals surface area contributed by atoms with E-state index in [0.29, 0.717) is 11.8 Å². The zero-order valence-corrected chi connectivity index (χ0v) is 16.9. The van der Waals surface area contributed by atoms with Crippen LogP contribution in [0.15, 0.2) is 39.9 Å². The second-order valence-corrected chi connectivity index (χ2v) is 6.94. The molecule has 0 spiro atoms. The number of para-hydroxylation sites is 1. The zero-order valence-electron chi connectivity index (χ0n) is 16.9. The van der Waals surface area contributed by atoms with Crippen molar-refractivity contribution in [1.82, 2.24) is 10.7 Å². The van der Waals surface area contributed by atoms with Gasteiger partial charge in [0.15, 0.2) is 0 Å². The van der Waals surface area contributed by atoms with Gasteiger partial charge in [-0.2, -0.15) is 0 Å². The van der Waals surface area contributed by atoms with Crippen molar-refractivity contribution in [3.63, 3.8) is 0 Å². The van der Waals surface area contributed by atoms with Gasteiger partial charge in [0.2, 0.25) is 5.91 Å². The predicted molar refractivity (Wildman–Crippen MR) is 111 cm³/mol. The van der Waals surface area contributed by atoms with Gasteiger partial charge in [0.25, 0.3) is 11.8 Å². The van der Waals surface area contributed by atoms with E-state index in [4.69, 9.17) is 0 Å². The molecule has 1 aliphatic heterocycles. The van der Waals surface area contributed by atoms with Gasteiger partial charge in [-0.05, 0) is 18.6 Å². The molecular weight excluding hydrogens is 368 g/mol. The highest BCUT2D eigenvalue weighted by Gasteiger charge is 2.10. The molecule has 154 valence electrons. The molecule has 2 rings (SSSR count). The summed E-state index contributed by atoms with van der Waals surface area (Å²) >= 11 is 0. The van der Waals surface area contributed by atoms with Crippen LogP contribution >= 0.6 is 0 Å². The summed E-state index contributed by atoms with van der Waals surface area (Å²) in [5.41, 5.74) is 2.41. The monoisotopic (exact) mass is 396 g/mol. The third kappa shape index (κ3) is 8.23. The normalized spacial score (nSPS) is 12.2. The molecule has 1 aromatic rings. The molecule has 2 N–H and O–H groups in total. The lowest BCUT2D eigenvalue weighted by Crippen LogP contribution is -2.34. The van der Waals surface area contributed by atoms with Crippen molar-refractivity contribution in [3.8, 4) is 0 Å². The number of fused-ring (bicyclic) bond motifs is 1. The maximum Gasteiger partial charge on any atom is 0.287 e. The minimum absolute atomic E-state index is 0.151. The number of rotatable bonds is 11. The van der Waals surface area contributed by atoms with Crippen LogP contribution in [-0.4, -0.2) is 30.1 Å². The molecule has 0 fully saturated rings. The highest BCUT2D eigenvalue weighted by molar-refractivity contribution is 6.10. The fourth-order valence-electron chi connectivity index (χ4n) is 2.88. The van der Waals surface area contributed by atoms with Crippen molar-refractivity contribution in [3.05, 3.63) is 40.4 Å². The molecule has 7 nitrogen and oxygen atoms in total. The maximum atomic E-state index is 11.9. The van der Waals surface area contributed by atoms with Gasteiger partial charge in [-0.15, -0.1) is 5.10 Å². The Morgan fingerprint density at radius 2 is 1.76 bits per heavy atom. The largest absolute Gasteiger partial charge is 0.347 e. The van der Waals surface area contributed by atoms with Crippen LogP contribution in [0.2, 0.25) is 0 Å². The Morgan fingerprint density at radius 3 is 2.55 bits per heavy atom. The van der Waals surface area contributed by atoms with Crippen molar-refractivity contribution in [2.45, 2.75) is 58.3 Å². The number of unbranched alkanes of at least 4 members (excludes halogenated alkanes) is 6. The number of nitrogens with zero attached hydrogens (tertiary/aromatic N) is 2. The van der Waals surface area contributed by atoms with Crippen molar-refractivity contribution < 1.29 is 14.4 Å². The van der Waals surface area contributed by atoms with Gasteiger partial charge in [-0.3, -0.25) is 14.4 Å². The van der Waals surface area contributed by atoms with Gasteiger partial charge in [0.1, 0.15) is 5.57 Å². The SMILES string of the molecule is CCCCCCCCCC(=O)NCC(=O)NN=C=C1C=c2ccccc2=NC1=O. The molecule has 0 atom stereocenters. The summed E-state index contributed by atoms with van der Waals surface area (Å²) in [5, 5.41) is 7.60. The van der Waals surface area contributed by atoms with Gasteiger partial charge in [-0.25, -0.2) is 10.4 Å². The Hall–Kier alpha value is -3.05. The minimum Gasteiger partial charge on any atom is -0.347 e. The molecule has 0 saturated heterocycles. The summed E-state index contributed by atoms with van der Waals surface area (Å²) in [7, 11) is 0. The molecule has 29 heavy (non-hydrogen) atoms. The van der Waals surface area contributed by atoms with E-state index in [1.807, 2.05) is 12.1 Å². The first-order chi connectivity index (χ1) is 14.1. The summed E-state index contributed by atoms with van der Waals surface area (Å²) in [5.74, 6) is 1.39. The highest BCUT2D eigenvalue weighted by Crippen LogP contribution is 2.08. The molecule has 0 radical (unpaired) electrons. The molecule has 0 aromatic heterocycles. The van der Waals surface area contributed by atoms with E-state index in [9.17, 15) is 14.4 Å². The number of hydrogen-bond acceptors (Lipinski definition) is 4. The predicted octanol–water partition coefficient (Wildman–Crippen LogP) is 1.51. The number of carbonyl (C=O) groups is 3. The lowest BCUT2D eigenvalue weighted by molar-refractivity contribution is -0.126. The van der Waals surface area contributed by atoms with Gasteiger partial charge in [0, 0.05) is 17.5 Å². The molecule has 0 bridgehead atoms. The minimum atomic E-state index is -0.480. The number of amides is 3. The molecule has 0 aliphatic carbocycles. The molecule has 0 saturated carbocycles. The van der Waals surface area contributed by atoms with Crippen LogP contribution in [0.3, 0.4) is 0 Å². The first-order valence-electron chi connectivity index (χ1n) is 10.2. The van der Waals surface area contributed by atoms with Gasteiger partial charge < -0.3 is 5.32 Å². The maximum absolute atomic E-state index is 11.9. The lowest BCUT2D eigenvalue weighted by atomic mass is 10.1. The Bertz CT molecular complexity index is 914. The van der Waals surface area contributed by atoms with E-state index in [1.54, 1.807) is 18.2 Å². The molecule has 7 heteroatoms.